The molecule has 0 atom stereocenters. The van der Waals surface area contributed by atoms with Crippen LogP contribution in [0.5, 0.6) is 0 Å². The van der Waals surface area contributed by atoms with Crippen LogP contribution < -0.4 is 0 Å². The van der Waals surface area contributed by atoms with Crippen LogP contribution in [0.3, 0.4) is 0 Å². The van der Waals surface area contributed by atoms with Gasteiger partial charge in [-0.2, -0.15) is 22.0 Å². The van der Waals surface area contributed by atoms with Crippen molar-refractivity contribution < 1.29 is 36.3 Å². The first-order valence-electron chi connectivity index (χ1n) is 3.45. The van der Waals surface area contributed by atoms with Gasteiger partial charge in [-0.3, -0.25) is 4.57 Å². The fourth-order valence-corrected chi connectivity index (χ4v) is 1.22. The minimum atomic E-state index is -5.66. The van der Waals surface area contributed by atoms with Gasteiger partial charge in [0.25, 0.3) is 0 Å². The molecule has 3 nitrogen and oxygen atoms in total. The first kappa shape index (κ1) is 13.8. The molecular weight excluding hydrogens is 234 g/mol. The van der Waals surface area contributed by atoms with Crippen molar-refractivity contribution in [1.29, 1.82) is 0 Å². The zero-order chi connectivity index (χ0) is 11.6. The molecule has 0 bridgehead atoms. The average molecular weight is 242 g/mol. The minimum Gasteiger partial charge on any atom is -0.324 e. The van der Waals surface area contributed by atoms with E-state index in [1.807, 2.05) is 0 Å². The summed E-state index contributed by atoms with van der Waals surface area (Å²) < 4.78 is 68.9. The van der Waals surface area contributed by atoms with Crippen LogP contribution in [0.1, 0.15) is 12.8 Å². The van der Waals surface area contributed by atoms with Crippen molar-refractivity contribution in [2.75, 3.05) is 6.16 Å². The van der Waals surface area contributed by atoms with Crippen molar-refractivity contribution in [1.82, 2.24) is 0 Å². The van der Waals surface area contributed by atoms with Crippen LogP contribution in [-0.2, 0) is 4.57 Å². The monoisotopic (exact) mass is 242 g/mol. The third-order valence-electron chi connectivity index (χ3n) is 1.35. The quantitative estimate of drug-likeness (QED) is 0.586. The normalized spacial score (nSPS) is 14.5. The van der Waals surface area contributed by atoms with E-state index in [4.69, 9.17) is 9.79 Å². The zero-order valence-corrected chi connectivity index (χ0v) is 7.66. The van der Waals surface area contributed by atoms with E-state index in [2.05, 4.69) is 0 Å². The molecule has 0 aliphatic rings. The maximum Gasteiger partial charge on any atom is 0.453 e. The molecule has 0 heterocycles. The largest absolute Gasteiger partial charge is 0.453 e. The maximum atomic E-state index is 12.1. The summed E-state index contributed by atoms with van der Waals surface area (Å²) >= 11 is 0. The molecule has 0 aromatic heterocycles. The van der Waals surface area contributed by atoms with E-state index in [1.165, 1.54) is 0 Å². The van der Waals surface area contributed by atoms with Crippen molar-refractivity contribution in [2.24, 2.45) is 0 Å². The molecule has 0 aromatic carbocycles. The summed E-state index contributed by atoms with van der Waals surface area (Å²) in [4.78, 5) is 16.4. The molecule has 0 spiro atoms. The molecule has 0 unspecified atom stereocenters. The number of halogens is 5. The summed E-state index contributed by atoms with van der Waals surface area (Å²) in [6.45, 7) is 0. The predicted octanol–water partition coefficient (Wildman–Crippen LogP) is 2.14. The standard InChI is InChI=1S/C5H8F5O3P/c6-4(7,5(8,9)10)2-1-3-14(11,12)13/h1-3H2,(H2,11,12,13). The molecule has 0 fully saturated rings. The average Bonchev–Trinajstić information content (AvgIpc) is 1.80. The first-order valence-corrected chi connectivity index (χ1v) is 5.24. The van der Waals surface area contributed by atoms with Gasteiger partial charge in [0.15, 0.2) is 0 Å². The van der Waals surface area contributed by atoms with Gasteiger partial charge in [-0.15, -0.1) is 0 Å². The molecular formula is C5H8F5O3P. The van der Waals surface area contributed by atoms with E-state index >= 15 is 0 Å². The number of hydrogen-bond acceptors (Lipinski definition) is 1. The van der Waals surface area contributed by atoms with Gasteiger partial charge >= 0.3 is 19.7 Å². The fourth-order valence-electron chi connectivity index (χ4n) is 0.649. The zero-order valence-electron chi connectivity index (χ0n) is 6.76. The van der Waals surface area contributed by atoms with Crippen molar-refractivity contribution in [2.45, 2.75) is 24.9 Å². The van der Waals surface area contributed by atoms with Gasteiger partial charge in [-0.1, -0.05) is 0 Å². The third kappa shape index (κ3) is 4.88. The van der Waals surface area contributed by atoms with Crippen LogP contribution in [0.4, 0.5) is 22.0 Å². The highest BCUT2D eigenvalue weighted by atomic mass is 31.2. The van der Waals surface area contributed by atoms with Crippen LogP contribution in [-0.4, -0.2) is 28.0 Å². The van der Waals surface area contributed by atoms with E-state index in [0.29, 0.717) is 0 Å². The van der Waals surface area contributed by atoms with Crippen LogP contribution in [0.15, 0.2) is 0 Å². The topological polar surface area (TPSA) is 57.5 Å². The molecule has 0 amide bonds. The summed E-state index contributed by atoms with van der Waals surface area (Å²) in [5.41, 5.74) is 0. The van der Waals surface area contributed by atoms with Crippen LogP contribution >= 0.6 is 7.60 Å². The van der Waals surface area contributed by atoms with Gasteiger partial charge in [0.1, 0.15) is 0 Å². The number of hydrogen-bond donors (Lipinski definition) is 2. The summed E-state index contributed by atoms with van der Waals surface area (Å²) in [6.07, 6.45) is -9.13. The first-order chi connectivity index (χ1) is 5.96. The van der Waals surface area contributed by atoms with Crippen molar-refractivity contribution in [3.8, 4) is 0 Å². The highest BCUT2D eigenvalue weighted by molar-refractivity contribution is 7.51. The van der Waals surface area contributed by atoms with Crippen LogP contribution in [0.25, 0.3) is 0 Å². The van der Waals surface area contributed by atoms with Crippen LogP contribution in [0, 0.1) is 0 Å². The molecule has 2 N–H and O–H groups in total. The summed E-state index contributed by atoms with van der Waals surface area (Å²) in [6, 6.07) is 0. The van der Waals surface area contributed by atoms with E-state index in [1.54, 1.807) is 0 Å². The third-order valence-corrected chi connectivity index (χ3v) is 2.25. The molecule has 0 aliphatic heterocycles. The van der Waals surface area contributed by atoms with Gasteiger partial charge in [0, 0.05) is 6.42 Å². The predicted molar refractivity (Wildman–Crippen MR) is 37.1 cm³/mol. The van der Waals surface area contributed by atoms with Gasteiger partial charge < -0.3 is 9.79 Å². The Bertz CT molecular complexity index is 232. The molecule has 86 valence electrons. The summed E-state index contributed by atoms with van der Waals surface area (Å²) in [5.74, 6) is -4.89. The lowest BCUT2D eigenvalue weighted by molar-refractivity contribution is -0.284. The Morgan fingerprint density at radius 3 is 1.79 bits per heavy atom. The minimum absolute atomic E-state index is 0.878. The SMILES string of the molecule is O=P(O)(O)CCCC(F)(F)C(F)(F)F. The smallest absolute Gasteiger partial charge is 0.324 e. The van der Waals surface area contributed by atoms with E-state index < -0.39 is 38.7 Å². The highest BCUT2D eigenvalue weighted by Crippen LogP contribution is 2.41. The molecule has 14 heavy (non-hydrogen) atoms. The van der Waals surface area contributed by atoms with Crippen molar-refractivity contribution >= 4 is 7.60 Å². The van der Waals surface area contributed by atoms with Gasteiger partial charge in [-0.25, -0.2) is 0 Å². The summed E-state index contributed by atoms with van der Waals surface area (Å²) in [5, 5.41) is 0. The Morgan fingerprint density at radius 2 is 1.50 bits per heavy atom. The fraction of sp³-hybridized carbons (Fsp3) is 1.00. The second kappa shape index (κ2) is 4.12. The van der Waals surface area contributed by atoms with Gasteiger partial charge in [0.05, 0.1) is 6.16 Å². The van der Waals surface area contributed by atoms with Crippen molar-refractivity contribution in [3.63, 3.8) is 0 Å². The molecule has 9 heteroatoms. The lowest BCUT2D eigenvalue weighted by atomic mass is 10.2. The Morgan fingerprint density at radius 1 is 1.07 bits per heavy atom. The van der Waals surface area contributed by atoms with Crippen LogP contribution in [0.2, 0.25) is 0 Å². The molecule has 0 aliphatic carbocycles. The highest BCUT2D eigenvalue weighted by Gasteiger charge is 2.56. The molecule has 0 aromatic rings. The molecule has 0 rings (SSSR count). The Balaban J connectivity index is 4.08. The number of rotatable bonds is 4. The lowest BCUT2D eigenvalue weighted by Gasteiger charge is -2.19. The van der Waals surface area contributed by atoms with E-state index in [9.17, 15) is 26.5 Å². The van der Waals surface area contributed by atoms with E-state index in [-0.39, 0.29) is 0 Å². The maximum absolute atomic E-state index is 12.1. The number of alkyl halides is 5. The van der Waals surface area contributed by atoms with E-state index in [0.717, 1.165) is 0 Å². The Hall–Kier alpha value is -0.200. The second-order valence-corrected chi connectivity index (χ2v) is 4.47. The Labute approximate surface area is 76.1 Å². The molecule has 0 radical (unpaired) electrons. The molecule has 0 saturated carbocycles. The van der Waals surface area contributed by atoms with Crippen molar-refractivity contribution in [3.05, 3.63) is 0 Å². The Kier molecular flexibility index (Phi) is 4.06. The lowest BCUT2D eigenvalue weighted by Crippen LogP contribution is -2.36. The van der Waals surface area contributed by atoms with Gasteiger partial charge in [0.2, 0.25) is 0 Å². The molecule has 0 saturated heterocycles. The van der Waals surface area contributed by atoms with Gasteiger partial charge in [-0.05, 0) is 6.42 Å². The summed E-state index contributed by atoms with van der Waals surface area (Å²) in [7, 11) is -4.50. The second-order valence-electron chi connectivity index (χ2n) is 2.69.